The summed E-state index contributed by atoms with van der Waals surface area (Å²) in [5, 5.41) is 3.66. The van der Waals surface area contributed by atoms with E-state index in [0.717, 1.165) is 5.92 Å². The van der Waals surface area contributed by atoms with Crippen molar-refractivity contribution in [2.45, 2.75) is 72.3 Å². The van der Waals surface area contributed by atoms with Crippen LogP contribution in [0, 0.1) is 11.3 Å². The Kier molecular flexibility index (Phi) is 4.22. The average molecular weight is 211 g/mol. The van der Waals surface area contributed by atoms with E-state index in [0.29, 0.717) is 5.41 Å². The third-order valence-corrected chi connectivity index (χ3v) is 3.44. The van der Waals surface area contributed by atoms with Crippen molar-refractivity contribution in [3.8, 4) is 0 Å². The smallest absolute Gasteiger partial charge is 0.00967 e. The van der Waals surface area contributed by atoms with E-state index in [1.165, 1.54) is 38.6 Å². The maximum atomic E-state index is 3.66. The molecule has 90 valence electrons. The van der Waals surface area contributed by atoms with Crippen LogP contribution in [0.3, 0.4) is 0 Å². The van der Waals surface area contributed by atoms with Crippen LogP contribution in [0.25, 0.3) is 0 Å². The molecule has 1 N–H and O–H groups in total. The van der Waals surface area contributed by atoms with Gasteiger partial charge in [0.25, 0.3) is 0 Å². The van der Waals surface area contributed by atoms with Crippen LogP contribution in [0.5, 0.6) is 0 Å². The second kappa shape index (κ2) is 4.86. The lowest BCUT2D eigenvalue weighted by Crippen LogP contribution is -2.39. The summed E-state index contributed by atoms with van der Waals surface area (Å²) < 4.78 is 0. The van der Waals surface area contributed by atoms with Gasteiger partial charge in [-0.05, 0) is 51.4 Å². The van der Waals surface area contributed by atoms with Crippen molar-refractivity contribution in [3.05, 3.63) is 0 Å². The SMILES string of the molecule is CC(C)CCCC1(CNC(C)(C)C)CC1. The fourth-order valence-electron chi connectivity index (χ4n) is 2.03. The highest BCUT2D eigenvalue weighted by molar-refractivity contribution is 4.95. The number of rotatable bonds is 6. The van der Waals surface area contributed by atoms with Gasteiger partial charge < -0.3 is 5.32 Å². The van der Waals surface area contributed by atoms with E-state index in [-0.39, 0.29) is 5.54 Å². The maximum Gasteiger partial charge on any atom is 0.00967 e. The minimum Gasteiger partial charge on any atom is -0.312 e. The summed E-state index contributed by atoms with van der Waals surface area (Å²) in [7, 11) is 0. The normalized spacial score (nSPS) is 19.6. The van der Waals surface area contributed by atoms with Crippen LogP contribution < -0.4 is 5.32 Å². The molecule has 1 nitrogen and oxygen atoms in total. The summed E-state index contributed by atoms with van der Waals surface area (Å²) in [6, 6.07) is 0. The second-order valence-electron chi connectivity index (χ2n) is 6.89. The number of hydrogen-bond donors (Lipinski definition) is 1. The fraction of sp³-hybridized carbons (Fsp3) is 1.00. The summed E-state index contributed by atoms with van der Waals surface area (Å²) in [4.78, 5) is 0. The molecule has 1 rings (SSSR count). The number of nitrogens with one attached hydrogen (secondary N) is 1. The molecule has 0 spiro atoms. The van der Waals surface area contributed by atoms with Gasteiger partial charge in [-0.15, -0.1) is 0 Å². The van der Waals surface area contributed by atoms with E-state index in [1.54, 1.807) is 0 Å². The Labute approximate surface area is 96.0 Å². The van der Waals surface area contributed by atoms with Crippen molar-refractivity contribution >= 4 is 0 Å². The van der Waals surface area contributed by atoms with Gasteiger partial charge in [0.05, 0.1) is 0 Å². The summed E-state index contributed by atoms with van der Waals surface area (Å²) in [5.74, 6) is 0.872. The molecule has 0 radical (unpaired) electrons. The topological polar surface area (TPSA) is 12.0 Å². The molecule has 0 aromatic heterocycles. The lowest BCUT2D eigenvalue weighted by atomic mass is 9.95. The molecule has 0 saturated heterocycles. The monoisotopic (exact) mass is 211 g/mol. The first-order chi connectivity index (χ1) is 6.83. The molecular weight excluding hydrogens is 182 g/mol. The Bertz CT molecular complexity index is 184. The summed E-state index contributed by atoms with van der Waals surface area (Å²) >= 11 is 0. The van der Waals surface area contributed by atoms with Gasteiger partial charge in [0.2, 0.25) is 0 Å². The summed E-state index contributed by atoms with van der Waals surface area (Å²) in [6.07, 6.45) is 7.16. The number of hydrogen-bond acceptors (Lipinski definition) is 1. The molecule has 15 heavy (non-hydrogen) atoms. The molecule has 0 unspecified atom stereocenters. The van der Waals surface area contributed by atoms with Crippen LogP contribution in [0.15, 0.2) is 0 Å². The zero-order chi connectivity index (χ0) is 11.5. The van der Waals surface area contributed by atoms with Gasteiger partial charge in [-0.2, -0.15) is 0 Å². The van der Waals surface area contributed by atoms with Gasteiger partial charge in [-0.1, -0.05) is 26.7 Å². The molecule has 0 amide bonds. The molecule has 1 aliphatic rings. The first kappa shape index (κ1) is 13.0. The Morgan fingerprint density at radius 1 is 1.20 bits per heavy atom. The Balaban J connectivity index is 2.16. The van der Waals surface area contributed by atoms with Gasteiger partial charge in [0.15, 0.2) is 0 Å². The molecule has 0 atom stereocenters. The van der Waals surface area contributed by atoms with Gasteiger partial charge in [-0.3, -0.25) is 0 Å². The van der Waals surface area contributed by atoms with E-state index in [2.05, 4.69) is 39.9 Å². The van der Waals surface area contributed by atoms with E-state index in [1.807, 2.05) is 0 Å². The molecule has 1 fully saturated rings. The third kappa shape index (κ3) is 5.55. The Morgan fingerprint density at radius 3 is 2.20 bits per heavy atom. The largest absolute Gasteiger partial charge is 0.312 e. The lowest BCUT2D eigenvalue weighted by Gasteiger charge is -2.25. The fourth-order valence-corrected chi connectivity index (χ4v) is 2.03. The molecule has 0 aliphatic heterocycles. The van der Waals surface area contributed by atoms with Crippen LogP contribution in [-0.4, -0.2) is 12.1 Å². The molecule has 1 heteroatoms. The van der Waals surface area contributed by atoms with Gasteiger partial charge >= 0.3 is 0 Å². The van der Waals surface area contributed by atoms with E-state index in [9.17, 15) is 0 Å². The van der Waals surface area contributed by atoms with E-state index < -0.39 is 0 Å². The molecule has 0 heterocycles. The van der Waals surface area contributed by atoms with Crippen molar-refractivity contribution in [1.82, 2.24) is 5.32 Å². The van der Waals surface area contributed by atoms with Crippen LogP contribution >= 0.6 is 0 Å². The lowest BCUT2D eigenvalue weighted by molar-refractivity contribution is 0.331. The van der Waals surface area contributed by atoms with E-state index in [4.69, 9.17) is 0 Å². The average Bonchev–Trinajstić information content (AvgIpc) is 2.80. The molecule has 1 saturated carbocycles. The summed E-state index contributed by atoms with van der Waals surface area (Å²) in [6.45, 7) is 12.7. The van der Waals surface area contributed by atoms with Crippen LogP contribution in [-0.2, 0) is 0 Å². The Hall–Kier alpha value is -0.0400. The summed E-state index contributed by atoms with van der Waals surface area (Å²) in [5.41, 5.74) is 0.968. The predicted molar refractivity (Wildman–Crippen MR) is 68.1 cm³/mol. The van der Waals surface area contributed by atoms with E-state index >= 15 is 0 Å². The molecule has 0 aromatic carbocycles. The van der Waals surface area contributed by atoms with Gasteiger partial charge in [-0.25, -0.2) is 0 Å². The molecular formula is C14H29N. The first-order valence-corrected chi connectivity index (χ1v) is 6.58. The third-order valence-electron chi connectivity index (χ3n) is 3.44. The van der Waals surface area contributed by atoms with Crippen molar-refractivity contribution in [1.29, 1.82) is 0 Å². The standard InChI is InChI=1S/C14H29N/c1-12(2)7-6-8-14(9-10-14)11-15-13(3,4)5/h12,15H,6-11H2,1-5H3. The molecule has 0 aromatic rings. The van der Waals surface area contributed by atoms with Gasteiger partial charge in [0.1, 0.15) is 0 Å². The highest BCUT2D eigenvalue weighted by Gasteiger charge is 2.41. The Morgan fingerprint density at radius 2 is 1.80 bits per heavy atom. The van der Waals surface area contributed by atoms with Crippen LogP contribution in [0.4, 0.5) is 0 Å². The molecule has 1 aliphatic carbocycles. The highest BCUT2D eigenvalue weighted by Crippen LogP contribution is 2.49. The van der Waals surface area contributed by atoms with Crippen molar-refractivity contribution in [3.63, 3.8) is 0 Å². The van der Waals surface area contributed by atoms with Crippen molar-refractivity contribution in [2.75, 3.05) is 6.54 Å². The van der Waals surface area contributed by atoms with Crippen LogP contribution in [0.1, 0.15) is 66.7 Å². The first-order valence-electron chi connectivity index (χ1n) is 6.58. The minimum atomic E-state index is 0.285. The van der Waals surface area contributed by atoms with Gasteiger partial charge in [0, 0.05) is 12.1 Å². The second-order valence-corrected chi connectivity index (χ2v) is 6.89. The minimum absolute atomic E-state index is 0.285. The zero-order valence-electron chi connectivity index (χ0n) is 11.3. The zero-order valence-corrected chi connectivity index (χ0v) is 11.3. The predicted octanol–water partition coefficient (Wildman–Crippen LogP) is 3.98. The highest BCUT2D eigenvalue weighted by atomic mass is 15.0. The quantitative estimate of drug-likeness (QED) is 0.700. The molecule has 0 bridgehead atoms. The van der Waals surface area contributed by atoms with Crippen molar-refractivity contribution in [2.24, 2.45) is 11.3 Å². The maximum absolute atomic E-state index is 3.66. The van der Waals surface area contributed by atoms with Crippen LogP contribution in [0.2, 0.25) is 0 Å². The van der Waals surface area contributed by atoms with Crippen molar-refractivity contribution < 1.29 is 0 Å².